The molecule has 23 heavy (non-hydrogen) atoms. The Labute approximate surface area is 150 Å². The molecule has 0 bridgehead atoms. The molecular formula is C18H19BrO3S. The maximum atomic E-state index is 6.00. The molecule has 0 saturated heterocycles. The van der Waals surface area contributed by atoms with Gasteiger partial charge in [0, 0.05) is 22.3 Å². The third kappa shape index (κ3) is 4.45. The van der Waals surface area contributed by atoms with E-state index in [9.17, 15) is 0 Å². The van der Waals surface area contributed by atoms with Crippen LogP contribution < -0.4 is 9.47 Å². The summed E-state index contributed by atoms with van der Waals surface area (Å²) >= 11 is 8.50. The van der Waals surface area contributed by atoms with Gasteiger partial charge in [0.25, 0.3) is 0 Å². The largest absolute Gasteiger partial charge is 0.488 e. The van der Waals surface area contributed by atoms with Crippen LogP contribution in [0.5, 0.6) is 11.5 Å². The zero-order valence-electron chi connectivity index (χ0n) is 13.6. The summed E-state index contributed by atoms with van der Waals surface area (Å²) in [6, 6.07) is 9.84. The summed E-state index contributed by atoms with van der Waals surface area (Å²) in [6.07, 6.45) is 0. The number of hydrogen-bond acceptors (Lipinski definition) is 4. The number of methoxy groups -OCH3 is 1. The van der Waals surface area contributed by atoms with Crippen molar-refractivity contribution in [2.24, 2.45) is 0 Å². The molecule has 0 atom stereocenters. The maximum Gasteiger partial charge on any atom is 0.357 e. The summed E-state index contributed by atoms with van der Waals surface area (Å²) in [7, 11) is 1.48. The van der Waals surface area contributed by atoms with E-state index in [1.807, 2.05) is 25.1 Å². The predicted molar refractivity (Wildman–Crippen MR) is 99.4 cm³/mol. The van der Waals surface area contributed by atoms with E-state index in [4.69, 9.17) is 26.4 Å². The number of halogens is 1. The first-order valence-corrected chi connectivity index (χ1v) is 8.36. The van der Waals surface area contributed by atoms with E-state index in [0.717, 1.165) is 21.3 Å². The van der Waals surface area contributed by atoms with Gasteiger partial charge >= 0.3 is 5.24 Å². The summed E-state index contributed by atoms with van der Waals surface area (Å²) in [5.74, 6) is 1.48. The molecule has 5 heteroatoms. The Morgan fingerprint density at radius 2 is 1.74 bits per heavy atom. The van der Waals surface area contributed by atoms with Crippen LogP contribution in [-0.2, 0) is 11.3 Å². The van der Waals surface area contributed by atoms with Crippen molar-refractivity contribution in [1.82, 2.24) is 0 Å². The van der Waals surface area contributed by atoms with Crippen molar-refractivity contribution in [3.63, 3.8) is 0 Å². The topological polar surface area (TPSA) is 27.7 Å². The lowest BCUT2D eigenvalue weighted by Gasteiger charge is -2.15. The summed E-state index contributed by atoms with van der Waals surface area (Å²) < 4.78 is 17.3. The molecule has 0 radical (unpaired) electrons. The van der Waals surface area contributed by atoms with Gasteiger partial charge in [0.1, 0.15) is 18.1 Å². The van der Waals surface area contributed by atoms with Crippen LogP contribution >= 0.6 is 28.1 Å². The van der Waals surface area contributed by atoms with Gasteiger partial charge in [-0.2, -0.15) is 0 Å². The molecule has 0 unspecified atom stereocenters. The van der Waals surface area contributed by atoms with Crippen molar-refractivity contribution in [1.29, 1.82) is 0 Å². The highest BCUT2D eigenvalue weighted by atomic mass is 79.9. The summed E-state index contributed by atoms with van der Waals surface area (Å²) in [6.45, 7) is 6.58. The number of thiocarbonyl (C=S) groups is 1. The van der Waals surface area contributed by atoms with E-state index in [2.05, 4.69) is 41.9 Å². The smallest absolute Gasteiger partial charge is 0.357 e. The third-order valence-electron chi connectivity index (χ3n) is 3.60. The molecule has 2 rings (SSSR count). The number of aryl methyl sites for hydroxylation is 3. The number of hydrogen-bond donors (Lipinski definition) is 0. The van der Waals surface area contributed by atoms with Gasteiger partial charge in [0.15, 0.2) is 0 Å². The van der Waals surface area contributed by atoms with E-state index in [1.54, 1.807) is 0 Å². The molecule has 0 aliphatic heterocycles. The van der Waals surface area contributed by atoms with E-state index >= 15 is 0 Å². The normalized spacial score (nSPS) is 10.3. The highest BCUT2D eigenvalue weighted by Crippen LogP contribution is 2.30. The fourth-order valence-corrected chi connectivity index (χ4v) is 2.70. The fourth-order valence-electron chi connectivity index (χ4n) is 2.15. The van der Waals surface area contributed by atoms with Gasteiger partial charge < -0.3 is 14.2 Å². The van der Waals surface area contributed by atoms with Crippen LogP contribution in [0.4, 0.5) is 0 Å². The Balaban J connectivity index is 2.23. The molecular weight excluding hydrogens is 376 g/mol. The highest BCUT2D eigenvalue weighted by Gasteiger charge is 2.12. The molecule has 0 heterocycles. The van der Waals surface area contributed by atoms with E-state index in [-0.39, 0.29) is 5.24 Å². The Morgan fingerprint density at radius 3 is 2.43 bits per heavy atom. The molecule has 2 aromatic rings. The zero-order valence-corrected chi connectivity index (χ0v) is 16.0. The summed E-state index contributed by atoms with van der Waals surface area (Å²) in [5.41, 5.74) is 4.44. The number of benzene rings is 2. The van der Waals surface area contributed by atoms with Crippen molar-refractivity contribution in [3.8, 4) is 11.5 Å². The number of ether oxygens (including phenoxy) is 3. The quantitative estimate of drug-likeness (QED) is 0.660. The monoisotopic (exact) mass is 394 g/mol. The standard InChI is InChI=1S/C18H19BrO3S/c1-11-8-13(3)17(9-12(11)2)21-10-14-15(19)6-5-7-16(14)22-18(23)20-4/h5-9H,10H2,1-4H3. The first kappa shape index (κ1) is 17.8. The van der Waals surface area contributed by atoms with Crippen molar-refractivity contribution in [3.05, 3.63) is 57.1 Å². The Bertz CT molecular complexity index is 728. The van der Waals surface area contributed by atoms with E-state index < -0.39 is 0 Å². The first-order valence-electron chi connectivity index (χ1n) is 7.16. The summed E-state index contributed by atoms with van der Waals surface area (Å²) in [4.78, 5) is 0. The minimum absolute atomic E-state index is 0.0757. The molecule has 122 valence electrons. The van der Waals surface area contributed by atoms with Gasteiger partial charge in [0.05, 0.1) is 7.11 Å². The summed E-state index contributed by atoms with van der Waals surface area (Å²) in [5, 5.41) is 0.0757. The van der Waals surface area contributed by atoms with Crippen LogP contribution in [-0.4, -0.2) is 12.3 Å². The Hall–Kier alpha value is -1.59. The minimum Gasteiger partial charge on any atom is -0.488 e. The van der Waals surface area contributed by atoms with Crippen molar-refractivity contribution in [2.45, 2.75) is 27.4 Å². The van der Waals surface area contributed by atoms with Gasteiger partial charge in [-0.3, -0.25) is 0 Å². The molecule has 3 nitrogen and oxygen atoms in total. The van der Waals surface area contributed by atoms with Crippen LogP contribution in [0.3, 0.4) is 0 Å². The molecule has 0 aromatic heterocycles. The van der Waals surface area contributed by atoms with Crippen LogP contribution in [0.2, 0.25) is 0 Å². The van der Waals surface area contributed by atoms with Gasteiger partial charge in [-0.25, -0.2) is 0 Å². The number of rotatable bonds is 4. The average Bonchev–Trinajstić information content (AvgIpc) is 2.51. The Kier molecular flexibility index (Phi) is 6.02. The van der Waals surface area contributed by atoms with Crippen LogP contribution in [0.1, 0.15) is 22.3 Å². The van der Waals surface area contributed by atoms with Crippen molar-refractivity contribution < 1.29 is 14.2 Å². The lowest BCUT2D eigenvalue weighted by atomic mass is 10.1. The van der Waals surface area contributed by atoms with E-state index in [0.29, 0.717) is 12.4 Å². The van der Waals surface area contributed by atoms with E-state index in [1.165, 1.54) is 18.2 Å². The third-order valence-corrected chi connectivity index (χ3v) is 4.59. The lowest BCUT2D eigenvalue weighted by molar-refractivity contribution is 0.287. The van der Waals surface area contributed by atoms with Crippen LogP contribution in [0.25, 0.3) is 0 Å². The lowest BCUT2D eigenvalue weighted by Crippen LogP contribution is -2.10. The fraction of sp³-hybridized carbons (Fsp3) is 0.278. The Morgan fingerprint density at radius 1 is 1.04 bits per heavy atom. The molecule has 0 fully saturated rings. The van der Waals surface area contributed by atoms with Gasteiger partial charge in [0.2, 0.25) is 0 Å². The first-order chi connectivity index (χ1) is 10.9. The van der Waals surface area contributed by atoms with Crippen LogP contribution in [0.15, 0.2) is 34.8 Å². The maximum absolute atomic E-state index is 6.00. The molecule has 0 aliphatic carbocycles. The molecule has 0 N–H and O–H groups in total. The average molecular weight is 395 g/mol. The SMILES string of the molecule is COC(=S)Oc1cccc(Br)c1COc1cc(C)c(C)cc1C. The van der Waals surface area contributed by atoms with Gasteiger partial charge in [-0.15, -0.1) is 0 Å². The molecule has 0 aliphatic rings. The molecule has 0 amide bonds. The molecule has 2 aromatic carbocycles. The second kappa shape index (κ2) is 7.79. The highest BCUT2D eigenvalue weighted by molar-refractivity contribution is 9.10. The van der Waals surface area contributed by atoms with Crippen molar-refractivity contribution in [2.75, 3.05) is 7.11 Å². The second-order valence-electron chi connectivity index (χ2n) is 5.26. The second-order valence-corrected chi connectivity index (χ2v) is 6.45. The van der Waals surface area contributed by atoms with Gasteiger partial charge in [-0.05, 0) is 55.7 Å². The minimum atomic E-state index is 0.0757. The van der Waals surface area contributed by atoms with Gasteiger partial charge in [-0.1, -0.05) is 28.1 Å². The molecule has 0 saturated carbocycles. The van der Waals surface area contributed by atoms with Crippen molar-refractivity contribution >= 4 is 33.4 Å². The zero-order chi connectivity index (χ0) is 17.0. The predicted octanol–water partition coefficient (Wildman–Crippen LogP) is 5.26. The molecule has 0 spiro atoms. The van der Waals surface area contributed by atoms with Crippen LogP contribution in [0, 0.1) is 20.8 Å².